The molecule has 1 aliphatic heterocycles. The van der Waals surface area contributed by atoms with Gasteiger partial charge >= 0.3 is 0 Å². The van der Waals surface area contributed by atoms with E-state index in [9.17, 15) is 5.11 Å². The number of nitrogens with zero attached hydrogens (tertiary/aromatic N) is 4. The Morgan fingerprint density at radius 2 is 1.96 bits per heavy atom. The Labute approximate surface area is 149 Å². The molecule has 1 aromatic heterocycles. The summed E-state index contributed by atoms with van der Waals surface area (Å²) >= 11 is 0. The molecule has 2 atom stereocenters. The first-order valence-electron chi connectivity index (χ1n) is 9.39. The molecule has 0 amide bonds. The van der Waals surface area contributed by atoms with Gasteiger partial charge in [-0.15, -0.1) is 0 Å². The van der Waals surface area contributed by atoms with Crippen molar-refractivity contribution in [2.45, 2.75) is 38.7 Å². The minimum atomic E-state index is -0.323. The number of aromatic nitrogens is 2. The molecule has 1 aliphatic carbocycles. The molecular formula is C20H28N4O. The fourth-order valence-electron chi connectivity index (χ4n) is 4.32. The lowest BCUT2D eigenvalue weighted by Crippen LogP contribution is -2.47. The molecule has 1 saturated heterocycles. The third-order valence-corrected chi connectivity index (χ3v) is 5.69. The maximum Gasteiger partial charge on any atom is 0.226 e. The van der Waals surface area contributed by atoms with Gasteiger partial charge in [0.15, 0.2) is 0 Å². The van der Waals surface area contributed by atoms with Crippen LogP contribution in [0.25, 0.3) is 10.9 Å². The van der Waals surface area contributed by atoms with E-state index in [0.717, 1.165) is 43.1 Å². The number of aliphatic hydroxyl groups is 1. The van der Waals surface area contributed by atoms with Gasteiger partial charge in [-0.25, -0.2) is 9.97 Å². The standard InChI is InChI=1S/C20H28N4O/c1-13-17-9-14-5-4-6-15(14)10-18(17)22-20(21-13)24-8-7-16(11-23(2)3)19(25)12-24/h9-10,16,19,25H,4-8,11-12H2,1-3H3/t16-,19+/m0/s1. The predicted molar refractivity (Wildman–Crippen MR) is 101 cm³/mol. The van der Waals surface area contributed by atoms with E-state index >= 15 is 0 Å². The van der Waals surface area contributed by atoms with E-state index < -0.39 is 0 Å². The van der Waals surface area contributed by atoms with Crippen LogP contribution in [0.4, 0.5) is 5.95 Å². The third-order valence-electron chi connectivity index (χ3n) is 5.69. The number of hydrogen-bond donors (Lipinski definition) is 1. The van der Waals surface area contributed by atoms with E-state index in [-0.39, 0.29) is 6.10 Å². The number of piperidine rings is 1. The summed E-state index contributed by atoms with van der Waals surface area (Å²) in [6.07, 6.45) is 4.24. The van der Waals surface area contributed by atoms with Crippen molar-refractivity contribution in [3.05, 3.63) is 29.0 Å². The minimum Gasteiger partial charge on any atom is -0.391 e. The topological polar surface area (TPSA) is 52.5 Å². The largest absolute Gasteiger partial charge is 0.391 e. The molecule has 1 aromatic carbocycles. The molecule has 134 valence electrons. The van der Waals surface area contributed by atoms with Crippen molar-refractivity contribution in [3.8, 4) is 0 Å². The van der Waals surface area contributed by atoms with Crippen molar-refractivity contribution in [2.75, 3.05) is 38.6 Å². The molecule has 0 saturated carbocycles. The number of aryl methyl sites for hydroxylation is 3. The Morgan fingerprint density at radius 3 is 2.68 bits per heavy atom. The Bertz CT molecular complexity index is 789. The van der Waals surface area contributed by atoms with Crippen molar-refractivity contribution < 1.29 is 5.11 Å². The quantitative estimate of drug-likeness (QED) is 0.928. The van der Waals surface area contributed by atoms with Crippen LogP contribution in [0.3, 0.4) is 0 Å². The molecule has 2 aromatic rings. The van der Waals surface area contributed by atoms with E-state index in [2.05, 4.69) is 43.0 Å². The fraction of sp³-hybridized carbons (Fsp3) is 0.600. The molecular weight excluding hydrogens is 312 g/mol. The van der Waals surface area contributed by atoms with Crippen molar-refractivity contribution in [3.63, 3.8) is 0 Å². The molecule has 0 spiro atoms. The maximum atomic E-state index is 10.5. The van der Waals surface area contributed by atoms with Gasteiger partial charge in [-0.3, -0.25) is 0 Å². The molecule has 1 fully saturated rings. The van der Waals surface area contributed by atoms with Crippen LogP contribution < -0.4 is 4.90 Å². The highest BCUT2D eigenvalue weighted by Gasteiger charge is 2.29. The van der Waals surface area contributed by atoms with Crippen LogP contribution >= 0.6 is 0 Å². The number of fused-ring (bicyclic) bond motifs is 2. The maximum absolute atomic E-state index is 10.5. The van der Waals surface area contributed by atoms with E-state index in [0.29, 0.717) is 12.5 Å². The predicted octanol–water partition coefficient (Wildman–Crippen LogP) is 2.18. The molecule has 4 rings (SSSR count). The lowest BCUT2D eigenvalue weighted by Gasteiger charge is -2.37. The highest BCUT2D eigenvalue weighted by molar-refractivity contribution is 5.84. The first-order chi connectivity index (χ1) is 12.0. The normalized spacial score (nSPS) is 23.5. The molecule has 25 heavy (non-hydrogen) atoms. The summed E-state index contributed by atoms with van der Waals surface area (Å²) in [6.45, 7) is 4.53. The van der Waals surface area contributed by atoms with Crippen molar-refractivity contribution in [1.82, 2.24) is 14.9 Å². The summed E-state index contributed by atoms with van der Waals surface area (Å²) in [7, 11) is 4.13. The summed E-state index contributed by atoms with van der Waals surface area (Å²) in [5.74, 6) is 1.10. The number of anilines is 1. The summed E-state index contributed by atoms with van der Waals surface area (Å²) in [6, 6.07) is 4.54. The molecule has 1 N–H and O–H groups in total. The summed E-state index contributed by atoms with van der Waals surface area (Å²) in [4.78, 5) is 13.9. The smallest absolute Gasteiger partial charge is 0.226 e. The van der Waals surface area contributed by atoms with Gasteiger partial charge in [-0.05, 0) is 70.0 Å². The third kappa shape index (κ3) is 3.23. The molecule has 2 aliphatic rings. The average molecular weight is 340 g/mol. The van der Waals surface area contributed by atoms with Crippen LogP contribution in [0.2, 0.25) is 0 Å². The molecule has 0 bridgehead atoms. The SMILES string of the molecule is Cc1nc(N2CC[C@@H](CN(C)C)[C@H](O)C2)nc2cc3c(cc12)CCC3. The van der Waals surface area contributed by atoms with Gasteiger partial charge in [-0.1, -0.05) is 0 Å². The summed E-state index contributed by atoms with van der Waals surface area (Å²) < 4.78 is 0. The van der Waals surface area contributed by atoms with Crippen LogP contribution in [-0.4, -0.2) is 59.8 Å². The number of aliphatic hydroxyl groups excluding tert-OH is 1. The van der Waals surface area contributed by atoms with Gasteiger partial charge in [-0.2, -0.15) is 0 Å². The Morgan fingerprint density at radius 1 is 1.20 bits per heavy atom. The van der Waals surface area contributed by atoms with Gasteiger partial charge in [0, 0.05) is 30.9 Å². The van der Waals surface area contributed by atoms with E-state index in [1.165, 1.54) is 29.4 Å². The van der Waals surface area contributed by atoms with Crippen LogP contribution in [0.15, 0.2) is 12.1 Å². The number of benzene rings is 1. The summed E-state index contributed by atoms with van der Waals surface area (Å²) in [5, 5.41) is 11.7. The highest BCUT2D eigenvalue weighted by atomic mass is 16.3. The van der Waals surface area contributed by atoms with Crippen molar-refractivity contribution in [2.24, 2.45) is 5.92 Å². The van der Waals surface area contributed by atoms with Gasteiger partial charge < -0.3 is 14.9 Å². The van der Waals surface area contributed by atoms with Gasteiger partial charge in [0.1, 0.15) is 0 Å². The van der Waals surface area contributed by atoms with Gasteiger partial charge in [0.25, 0.3) is 0 Å². The lowest BCUT2D eigenvalue weighted by atomic mass is 9.93. The zero-order chi connectivity index (χ0) is 17.6. The van der Waals surface area contributed by atoms with Gasteiger partial charge in [0.05, 0.1) is 17.3 Å². The molecule has 0 radical (unpaired) electrons. The van der Waals surface area contributed by atoms with E-state index in [1.54, 1.807) is 0 Å². The number of rotatable bonds is 3. The van der Waals surface area contributed by atoms with E-state index in [1.807, 2.05) is 0 Å². The van der Waals surface area contributed by atoms with Crippen LogP contribution in [0, 0.1) is 12.8 Å². The second-order valence-corrected chi connectivity index (χ2v) is 7.92. The number of hydrogen-bond acceptors (Lipinski definition) is 5. The summed E-state index contributed by atoms with van der Waals surface area (Å²) in [5.41, 5.74) is 5.00. The Balaban J connectivity index is 1.61. The minimum absolute atomic E-state index is 0.323. The zero-order valence-electron chi connectivity index (χ0n) is 15.5. The van der Waals surface area contributed by atoms with Crippen molar-refractivity contribution in [1.29, 1.82) is 0 Å². The lowest BCUT2D eigenvalue weighted by molar-refractivity contribution is 0.0761. The highest BCUT2D eigenvalue weighted by Crippen LogP contribution is 2.30. The monoisotopic (exact) mass is 340 g/mol. The van der Waals surface area contributed by atoms with Crippen LogP contribution in [0.5, 0.6) is 0 Å². The zero-order valence-corrected chi connectivity index (χ0v) is 15.5. The van der Waals surface area contributed by atoms with Crippen molar-refractivity contribution >= 4 is 16.9 Å². The Kier molecular flexibility index (Phi) is 4.38. The van der Waals surface area contributed by atoms with Crippen LogP contribution in [-0.2, 0) is 12.8 Å². The first-order valence-corrected chi connectivity index (χ1v) is 9.39. The van der Waals surface area contributed by atoms with E-state index in [4.69, 9.17) is 9.97 Å². The second kappa shape index (κ2) is 6.54. The molecule has 5 heteroatoms. The molecule has 2 heterocycles. The van der Waals surface area contributed by atoms with Crippen LogP contribution in [0.1, 0.15) is 29.7 Å². The Hall–Kier alpha value is -1.72. The van der Waals surface area contributed by atoms with Gasteiger partial charge in [0.2, 0.25) is 5.95 Å². The number of β-amino-alcohol motifs (C(OH)–C–C–N with tert-alkyl or cyclic N) is 1. The first kappa shape index (κ1) is 16.7. The second-order valence-electron chi connectivity index (χ2n) is 7.92. The average Bonchev–Trinajstić information content (AvgIpc) is 3.02. The molecule has 0 unspecified atom stereocenters. The molecule has 5 nitrogen and oxygen atoms in total. The fourth-order valence-corrected chi connectivity index (χ4v) is 4.32.